The molecule has 21 heavy (non-hydrogen) atoms. The minimum absolute atomic E-state index is 0.0547. The Morgan fingerprint density at radius 1 is 1.29 bits per heavy atom. The van der Waals surface area contributed by atoms with Gasteiger partial charge in [-0.2, -0.15) is 0 Å². The summed E-state index contributed by atoms with van der Waals surface area (Å²) in [6.45, 7) is 2.35. The van der Waals surface area contributed by atoms with Crippen molar-refractivity contribution in [2.75, 3.05) is 19.5 Å². The molecule has 1 aromatic heterocycles. The van der Waals surface area contributed by atoms with Crippen molar-refractivity contribution in [3.05, 3.63) is 48.3 Å². The number of aromatic nitrogens is 1. The molecule has 0 fully saturated rings. The third-order valence-electron chi connectivity index (χ3n) is 3.43. The van der Waals surface area contributed by atoms with E-state index in [1.54, 1.807) is 7.11 Å². The van der Waals surface area contributed by atoms with Gasteiger partial charge in [0.1, 0.15) is 12.3 Å². The number of carbonyl (C=O) groups excluding carboxylic acids is 1. The Hall–Kier alpha value is -2.27. The number of hydrogen-bond acceptors (Lipinski definition) is 3. The summed E-state index contributed by atoms with van der Waals surface area (Å²) in [5, 5.41) is 6.06. The van der Waals surface area contributed by atoms with Crippen LogP contribution in [0.2, 0.25) is 0 Å². The highest BCUT2D eigenvalue weighted by molar-refractivity contribution is 5.90. The Bertz CT molecular complexity index is 590. The van der Waals surface area contributed by atoms with Gasteiger partial charge in [-0.25, -0.2) is 0 Å². The lowest BCUT2D eigenvalue weighted by Crippen LogP contribution is -2.22. The molecule has 5 heteroatoms. The van der Waals surface area contributed by atoms with Crippen LogP contribution in [0, 0.1) is 0 Å². The molecule has 0 aliphatic carbocycles. The smallest absolute Gasteiger partial charge is 0.244 e. The Labute approximate surface area is 124 Å². The Kier molecular flexibility index (Phi) is 5.00. The molecule has 1 heterocycles. The lowest BCUT2D eigenvalue weighted by molar-refractivity contribution is -0.116. The van der Waals surface area contributed by atoms with Crippen LogP contribution in [0.15, 0.2) is 42.6 Å². The molecule has 0 bridgehead atoms. The second-order valence-corrected chi connectivity index (χ2v) is 4.85. The van der Waals surface area contributed by atoms with Crippen molar-refractivity contribution in [3.8, 4) is 5.75 Å². The maximum Gasteiger partial charge on any atom is 0.244 e. The quantitative estimate of drug-likeness (QED) is 0.858. The van der Waals surface area contributed by atoms with Crippen LogP contribution in [0.4, 0.5) is 5.69 Å². The number of amides is 1. The van der Waals surface area contributed by atoms with Crippen LogP contribution in [0.5, 0.6) is 5.75 Å². The number of anilines is 1. The van der Waals surface area contributed by atoms with Gasteiger partial charge in [-0.15, -0.1) is 0 Å². The van der Waals surface area contributed by atoms with Gasteiger partial charge in [0.2, 0.25) is 5.91 Å². The maximum absolute atomic E-state index is 12.1. The van der Waals surface area contributed by atoms with Crippen molar-refractivity contribution in [3.63, 3.8) is 0 Å². The van der Waals surface area contributed by atoms with Gasteiger partial charge in [0.25, 0.3) is 0 Å². The predicted octanol–water partition coefficient (Wildman–Crippen LogP) is 2.42. The number of rotatable bonds is 6. The van der Waals surface area contributed by atoms with Crippen LogP contribution >= 0.6 is 0 Å². The SMILES string of the molecule is CNC(C)c1cccn1CC(=O)Nc1ccc(OC)cc1. The Balaban J connectivity index is 1.99. The van der Waals surface area contributed by atoms with E-state index in [4.69, 9.17) is 4.74 Å². The standard InChI is InChI=1S/C16H21N3O2/c1-12(17-2)15-5-4-10-19(15)11-16(20)18-13-6-8-14(21-3)9-7-13/h4-10,12,17H,11H2,1-3H3,(H,18,20). The average Bonchev–Trinajstić information content (AvgIpc) is 2.95. The molecule has 0 saturated heterocycles. The number of carbonyl (C=O) groups is 1. The molecule has 1 amide bonds. The van der Waals surface area contributed by atoms with E-state index < -0.39 is 0 Å². The van der Waals surface area contributed by atoms with Gasteiger partial charge in [0.05, 0.1) is 7.11 Å². The highest BCUT2D eigenvalue weighted by Gasteiger charge is 2.11. The van der Waals surface area contributed by atoms with Gasteiger partial charge < -0.3 is 19.9 Å². The number of benzene rings is 1. The zero-order valence-corrected chi connectivity index (χ0v) is 12.6. The lowest BCUT2D eigenvalue weighted by Gasteiger charge is -2.15. The molecular formula is C16H21N3O2. The van der Waals surface area contributed by atoms with Crippen molar-refractivity contribution in [1.29, 1.82) is 0 Å². The van der Waals surface area contributed by atoms with Gasteiger partial charge in [-0.05, 0) is 50.4 Å². The first kappa shape index (κ1) is 15.1. The number of nitrogens with zero attached hydrogens (tertiary/aromatic N) is 1. The summed E-state index contributed by atoms with van der Waals surface area (Å²) in [6.07, 6.45) is 1.91. The fourth-order valence-corrected chi connectivity index (χ4v) is 2.14. The highest BCUT2D eigenvalue weighted by atomic mass is 16.5. The van der Waals surface area contributed by atoms with Crippen molar-refractivity contribution in [2.45, 2.75) is 19.5 Å². The molecule has 2 aromatic rings. The van der Waals surface area contributed by atoms with E-state index in [0.29, 0.717) is 6.54 Å². The first-order valence-electron chi connectivity index (χ1n) is 6.90. The molecule has 5 nitrogen and oxygen atoms in total. The summed E-state index contributed by atoms with van der Waals surface area (Å²) in [6, 6.07) is 11.5. The zero-order chi connectivity index (χ0) is 15.2. The fourth-order valence-electron chi connectivity index (χ4n) is 2.14. The van der Waals surface area contributed by atoms with Gasteiger partial charge >= 0.3 is 0 Å². The van der Waals surface area contributed by atoms with Crippen LogP contribution < -0.4 is 15.4 Å². The molecular weight excluding hydrogens is 266 g/mol. The number of methoxy groups -OCH3 is 1. The van der Waals surface area contributed by atoms with Crippen molar-refractivity contribution >= 4 is 11.6 Å². The van der Waals surface area contributed by atoms with Crippen molar-refractivity contribution in [1.82, 2.24) is 9.88 Å². The second kappa shape index (κ2) is 6.95. The number of nitrogens with one attached hydrogen (secondary N) is 2. The Morgan fingerprint density at radius 3 is 2.62 bits per heavy atom. The minimum Gasteiger partial charge on any atom is -0.497 e. The van der Waals surface area contributed by atoms with Gasteiger partial charge in [-0.1, -0.05) is 0 Å². The third-order valence-corrected chi connectivity index (χ3v) is 3.43. The van der Waals surface area contributed by atoms with E-state index in [1.807, 2.05) is 54.2 Å². The molecule has 0 radical (unpaired) electrons. The Morgan fingerprint density at radius 2 is 2.00 bits per heavy atom. The molecule has 1 unspecified atom stereocenters. The monoisotopic (exact) mass is 287 g/mol. The summed E-state index contributed by atoms with van der Waals surface area (Å²) in [4.78, 5) is 12.1. The predicted molar refractivity (Wildman–Crippen MR) is 83.5 cm³/mol. The normalized spacial score (nSPS) is 12.0. The van der Waals surface area contributed by atoms with E-state index in [0.717, 1.165) is 17.1 Å². The van der Waals surface area contributed by atoms with E-state index in [1.165, 1.54) is 0 Å². The molecule has 0 aliphatic heterocycles. The molecule has 1 atom stereocenters. The molecule has 1 aromatic carbocycles. The zero-order valence-electron chi connectivity index (χ0n) is 12.6. The van der Waals surface area contributed by atoms with Gasteiger partial charge in [0.15, 0.2) is 0 Å². The lowest BCUT2D eigenvalue weighted by atomic mass is 10.2. The molecule has 2 rings (SSSR count). The van der Waals surface area contributed by atoms with E-state index in [2.05, 4.69) is 17.6 Å². The van der Waals surface area contributed by atoms with Crippen LogP contribution in [0.1, 0.15) is 18.7 Å². The van der Waals surface area contributed by atoms with E-state index in [-0.39, 0.29) is 11.9 Å². The molecule has 0 spiro atoms. The summed E-state index contributed by atoms with van der Waals surface area (Å²) >= 11 is 0. The van der Waals surface area contributed by atoms with Crippen LogP contribution in [-0.4, -0.2) is 24.6 Å². The second-order valence-electron chi connectivity index (χ2n) is 4.85. The van der Waals surface area contributed by atoms with Crippen LogP contribution in [-0.2, 0) is 11.3 Å². The fraction of sp³-hybridized carbons (Fsp3) is 0.312. The first-order valence-corrected chi connectivity index (χ1v) is 6.90. The summed E-state index contributed by atoms with van der Waals surface area (Å²) in [5.74, 6) is 0.712. The number of ether oxygens (including phenoxy) is 1. The molecule has 112 valence electrons. The summed E-state index contributed by atoms with van der Waals surface area (Å²) in [7, 11) is 3.52. The molecule has 2 N–H and O–H groups in total. The topological polar surface area (TPSA) is 55.3 Å². The minimum atomic E-state index is -0.0547. The molecule has 0 saturated carbocycles. The van der Waals surface area contributed by atoms with Crippen molar-refractivity contribution in [2.24, 2.45) is 0 Å². The van der Waals surface area contributed by atoms with Crippen LogP contribution in [0.25, 0.3) is 0 Å². The van der Waals surface area contributed by atoms with E-state index in [9.17, 15) is 4.79 Å². The average molecular weight is 287 g/mol. The first-order chi connectivity index (χ1) is 10.1. The summed E-state index contributed by atoms with van der Waals surface area (Å²) < 4.78 is 7.03. The number of hydrogen-bond donors (Lipinski definition) is 2. The van der Waals surface area contributed by atoms with Crippen LogP contribution in [0.3, 0.4) is 0 Å². The maximum atomic E-state index is 12.1. The summed E-state index contributed by atoms with van der Waals surface area (Å²) in [5.41, 5.74) is 1.85. The van der Waals surface area contributed by atoms with Gasteiger partial charge in [-0.3, -0.25) is 4.79 Å². The van der Waals surface area contributed by atoms with Gasteiger partial charge in [0, 0.05) is 23.6 Å². The molecule has 0 aliphatic rings. The van der Waals surface area contributed by atoms with E-state index >= 15 is 0 Å². The van der Waals surface area contributed by atoms with Crippen molar-refractivity contribution < 1.29 is 9.53 Å². The highest BCUT2D eigenvalue weighted by Crippen LogP contribution is 2.16. The largest absolute Gasteiger partial charge is 0.497 e. The third kappa shape index (κ3) is 3.86.